The van der Waals surface area contributed by atoms with Crippen LogP contribution < -0.4 is 0 Å². The van der Waals surface area contributed by atoms with Crippen molar-refractivity contribution < 1.29 is 0 Å². The lowest BCUT2D eigenvalue weighted by molar-refractivity contribution is 1.22. The summed E-state index contributed by atoms with van der Waals surface area (Å²) in [6, 6.07) is 6.06. The molecule has 0 aliphatic carbocycles. The first-order chi connectivity index (χ1) is 9.84. The zero-order chi connectivity index (χ0) is 13.5. The summed E-state index contributed by atoms with van der Waals surface area (Å²) in [4.78, 5) is 16.2. The molecule has 0 saturated heterocycles. The minimum absolute atomic E-state index is 0.894. The number of fused-ring (bicyclic) bond motifs is 2. The summed E-state index contributed by atoms with van der Waals surface area (Å²) < 4.78 is 0. The van der Waals surface area contributed by atoms with Crippen LogP contribution in [0, 0.1) is 6.92 Å². The Balaban J connectivity index is 2.10. The largest absolute Gasteiger partial charge is 0.346 e. The second kappa shape index (κ2) is 4.13. The van der Waals surface area contributed by atoms with E-state index in [2.05, 4.69) is 26.0 Å². The van der Waals surface area contributed by atoms with Crippen LogP contribution in [0.5, 0.6) is 0 Å². The van der Waals surface area contributed by atoms with Crippen molar-refractivity contribution in [2.75, 3.05) is 0 Å². The third-order valence-electron chi connectivity index (χ3n) is 3.63. The van der Waals surface area contributed by atoms with Crippen LogP contribution in [-0.2, 0) is 0 Å². The van der Waals surface area contributed by atoms with Crippen LogP contribution in [0.4, 0.5) is 0 Å². The lowest BCUT2D eigenvalue weighted by atomic mass is 10.0. The van der Waals surface area contributed by atoms with E-state index in [0.29, 0.717) is 0 Å². The van der Waals surface area contributed by atoms with Crippen LogP contribution in [-0.4, -0.2) is 19.9 Å². The predicted molar refractivity (Wildman–Crippen MR) is 79.4 cm³/mol. The zero-order valence-corrected chi connectivity index (χ0v) is 11.0. The van der Waals surface area contributed by atoms with Crippen LogP contribution >= 0.6 is 0 Å². The molecule has 4 aromatic heterocycles. The molecule has 0 spiro atoms. The molecule has 0 unspecified atom stereocenters. The van der Waals surface area contributed by atoms with Gasteiger partial charge in [0, 0.05) is 58.6 Å². The van der Waals surface area contributed by atoms with E-state index in [1.807, 2.05) is 43.8 Å². The van der Waals surface area contributed by atoms with Gasteiger partial charge in [0.15, 0.2) is 0 Å². The summed E-state index contributed by atoms with van der Waals surface area (Å²) in [5, 5.41) is 3.36. The van der Waals surface area contributed by atoms with E-state index in [9.17, 15) is 0 Å². The fraction of sp³-hybridized carbons (Fsp3) is 0.0625. The number of H-pyrrole nitrogens is 1. The van der Waals surface area contributed by atoms with Gasteiger partial charge in [0.05, 0.1) is 0 Å². The number of aromatic nitrogens is 4. The van der Waals surface area contributed by atoms with Crippen molar-refractivity contribution in [1.29, 1.82) is 0 Å². The molecule has 96 valence electrons. The van der Waals surface area contributed by atoms with E-state index in [4.69, 9.17) is 0 Å². The molecule has 0 saturated carbocycles. The number of nitrogens with one attached hydrogen (secondary N) is 1. The third kappa shape index (κ3) is 1.51. The molecular weight excluding hydrogens is 248 g/mol. The standard InChI is InChI=1S/C16H12N4/c1-10-13-7-17-6-4-11(13)14(8-19-10)15-9-20-16-12(15)3-2-5-18-16/h2-9H,1H3,(H,18,20). The first kappa shape index (κ1) is 11.1. The van der Waals surface area contributed by atoms with Gasteiger partial charge in [0.25, 0.3) is 0 Å². The Morgan fingerprint density at radius 2 is 1.85 bits per heavy atom. The molecule has 0 aliphatic rings. The summed E-state index contributed by atoms with van der Waals surface area (Å²) in [7, 11) is 0. The topological polar surface area (TPSA) is 54.5 Å². The van der Waals surface area contributed by atoms with E-state index in [1.165, 1.54) is 0 Å². The van der Waals surface area contributed by atoms with Crippen molar-refractivity contribution in [3.63, 3.8) is 0 Å². The van der Waals surface area contributed by atoms with Gasteiger partial charge in [-0.25, -0.2) is 4.98 Å². The molecule has 4 rings (SSSR count). The lowest BCUT2D eigenvalue weighted by Gasteiger charge is -2.07. The quantitative estimate of drug-likeness (QED) is 0.570. The Morgan fingerprint density at radius 3 is 2.80 bits per heavy atom. The molecule has 0 fully saturated rings. The molecule has 0 radical (unpaired) electrons. The summed E-state index contributed by atoms with van der Waals surface area (Å²) in [5.74, 6) is 0. The summed E-state index contributed by atoms with van der Waals surface area (Å²) in [5.41, 5.74) is 4.11. The van der Waals surface area contributed by atoms with Gasteiger partial charge >= 0.3 is 0 Å². The maximum atomic E-state index is 4.50. The maximum Gasteiger partial charge on any atom is 0.137 e. The number of rotatable bonds is 1. The fourth-order valence-electron chi connectivity index (χ4n) is 2.61. The molecule has 4 aromatic rings. The Kier molecular flexibility index (Phi) is 2.29. The molecule has 1 N–H and O–H groups in total. The van der Waals surface area contributed by atoms with Crippen LogP contribution in [0.1, 0.15) is 5.69 Å². The van der Waals surface area contributed by atoms with E-state index < -0.39 is 0 Å². The van der Waals surface area contributed by atoms with Crippen LogP contribution in [0.3, 0.4) is 0 Å². The molecule has 0 bridgehead atoms. The number of hydrogen-bond donors (Lipinski definition) is 1. The molecule has 20 heavy (non-hydrogen) atoms. The van der Waals surface area contributed by atoms with Crippen LogP contribution in [0.2, 0.25) is 0 Å². The Hall–Kier alpha value is -2.75. The van der Waals surface area contributed by atoms with E-state index in [-0.39, 0.29) is 0 Å². The monoisotopic (exact) mass is 260 g/mol. The first-order valence-corrected chi connectivity index (χ1v) is 6.46. The molecule has 4 heteroatoms. The maximum absolute atomic E-state index is 4.50. The van der Waals surface area contributed by atoms with Crippen molar-refractivity contribution >= 4 is 21.8 Å². The van der Waals surface area contributed by atoms with Crippen LogP contribution in [0.15, 0.2) is 49.2 Å². The number of pyridine rings is 3. The van der Waals surface area contributed by atoms with Gasteiger partial charge < -0.3 is 4.98 Å². The van der Waals surface area contributed by atoms with Gasteiger partial charge in [-0.2, -0.15) is 0 Å². The highest BCUT2D eigenvalue weighted by atomic mass is 14.8. The molecule has 0 aliphatic heterocycles. The van der Waals surface area contributed by atoms with E-state index in [1.54, 1.807) is 6.20 Å². The number of aryl methyl sites for hydroxylation is 1. The van der Waals surface area contributed by atoms with Crippen molar-refractivity contribution in [1.82, 2.24) is 19.9 Å². The normalized spacial score (nSPS) is 11.2. The Bertz CT molecular complexity index is 924. The second-order valence-corrected chi connectivity index (χ2v) is 4.78. The highest BCUT2D eigenvalue weighted by Gasteiger charge is 2.11. The predicted octanol–water partition coefficient (Wildman–Crippen LogP) is 3.48. The SMILES string of the molecule is Cc1ncc(-c2c[nH]c3ncccc23)c2ccncc12. The van der Waals surface area contributed by atoms with Gasteiger partial charge in [-0.1, -0.05) is 0 Å². The van der Waals surface area contributed by atoms with Gasteiger partial charge in [-0.3, -0.25) is 9.97 Å². The smallest absolute Gasteiger partial charge is 0.137 e. The van der Waals surface area contributed by atoms with Crippen molar-refractivity contribution in [3.8, 4) is 11.1 Å². The molecule has 0 aromatic carbocycles. The third-order valence-corrected chi connectivity index (χ3v) is 3.63. The highest BCUT2D eigenvalue weighted by Crippen LogP contribution is 2.33. The highest BCUT2D eigenvalue weighted by molar-refractivity contribution is 6.04. The molecule has 4 nitrogen and oxygen atoms in total. The summed E-state index contributed by atoms with van der Waals surface area (Å²) >= 11 is 0. The molecular formula is C16H12N4. The average molecular weight is 260 g/mol. The minimum Gasteiger partial charge on any atom is -0.346 e. The summed E-state index contributed by atoms with van der Waals surface area (Å²) in [6.45, 7) is 2.00. The van der Waals surface area contributed by atoms with Gasteiger partial charge in [0.1, 0.15) is 5.65 Å². The Morgan fingerprint density at radius 1 is 0.900 bits per heavy atom. The summed E-state index contributed by atoms with van der Waals surface area (Å²) in [6.07, 6.45) is 9.39. The molecule has 0 amide bonds. The van der Waals surface area contributed by atoms with Crippen molar-refractivity contribution in [2.45, 2.75) is 6.92 Å². The second-order valence-electron chi connectivity index (χ2n) is 4.78. The van der Waals surface area contributed by atoms with Gasteiger partial charge in [-0.05, 0) is 30.5 Å². The van der Waals surface area contributed by atoms with Crippen LogP contribution in [0.25, 0.3) is 32.9 Å². The molecule has 4 heterocycles. The zero-order valence-electron chi connectivity index (χ0n) is 11.0. The van der Waals surface area contributed by atoms with Crippen molar-refractivity contribution in [3.05, 3.63) is 54.9 Å². The van der Waals surface area contributed by atoms with E-state index >= 15 is 0 Å². The first-order valence-electron chi connectivity index (χ1n) is 6.46. The lowest BCUT2D eigenvalue weighted by Crippen LogP contribution is -1.88. The Labute approximate surface area is 115 Å². The number of nitrogens with zero attached hydrogens (tertiary/aromatic N) is 3. The van der Waals surface area contributed by atoms with Gasteiger partial charge in [0.2, 0.25) is 0 Å². The van der Waals surface area contributed by atoms with Crippen molar-refractivity contribution in [2.24, 2.45) is 0 Å². The molecule has 0 atom stereocenters. The number of aromatic amines is 1. The fourth-order valence-corrected chi connectivity index (χ4v) is 2.61. The average Bonchev–Trinajstić information content (AvgIpc) is 2.92. The van der Waals surface area contributed by atoms with Gasteiger partial charge in [-0.15, -0.1) is 0 Å². The minimum atomic E-state index is 0.894. The number of hydrogen-bond acceptors (Lipinski definition) is 3. The van der Waals surface area contributed by atoms with E-state index in [0.717, 1.165) is 38.6 Å².